The molecule has 0 atom stereocenters. The molecule has 3 heteroatoms. The van der Waals surface area contributed by atoms with Gasteiger partial charge in [0.15, 0.2) is 0 Å². The molecule has 0 saturated carbocycles. The van der Waals surface area contributed by atoms with Crippen molar-refractivity contribution in [1.29, 1.82) is 0 Å². The van der Waals surface area contributed by atoms with Crippen LogP contribution in [0, 0.1) is 0 Å². The topological polar surface area (TPSA) is 0 Å². The summed E-state index contributed by atoms with van der Waals surface area (Å²) in [6.45, 7) is 4.60. The average molecular weight is 435 g/mol. The van der Waals surface area contributed by atoms with E-state index in [4.69, 9.17) is 0 Å². The number of hydrogen-bond donors (Lipinski definition) is 0. The Balaban J connectivity index is 0.00000242. The van der Waals surface area contributed by atoms with Gasteiger partial charge in [0, 0.05) is 0 Å². The van der Waals surface area contributed by atoms with Gasteiger partial charge in [-0.15, -0.1) is 24.8 Å². The van der Waals surface area contributed by atoms with Crippen LogP contribution in [0.1, 0.15) is 78.1 Å². The summed E-state index contributed by atoms with van der Waals surface area (Å²) in [5, 5.41) is 0. The van der Waals surface area contributed by atoms with E-state index in [0.717, 1.165) is 0 Å². The van der Waals surface area contributed by atoms with E-state index in [9.17, 15) is 0 Å². The van der Waals surface area contributed by atoms with Gasteiger partial charge in [-0.25, -0.2) is 0 Å². The van der Waals surface area contributed by atoms with Gasteiger partial charge in [-0.3, -0.25) is 0 Å². The van der Waals surface area contributed by atoms with E-state index < -0.39 is 23.2 Å². The molecule has 0 saturated heterocycles. The summed E-state index contributed by atoms with van der Waals surface area (Å²) in [5.74, 6) is 0. The third kappa shape index (κ3) is 7.89. The molecule has 0 fully saturated rings. The minimum absolute atomic E-state index is 0. The van der Waals surface area contributed by atoms with Crippen molar-refractivity contribution < 1.29 is 23.2 Å². The predicted molar refractivity (Wildman–Crippen MR) is 104 cm³/mol. The molecule has 0 aliphatic heterocycles. The SMILES string of the molecule is CCCCCC1=[C]([Zr][C]2=C(CCCCC)C=CC2)CC=C1.Cl.Cl. The van der Waals surface area contributed by atoms with Crippen LogP contribution in [0.2, 0.25) is 0 Å². The van der Waals surface area contributed by atoms with Crippen molar-refractivity contribution in [1.82, 2.24) is 0 Å². The van der Waals surface area contributed by atoms with Gasteiger partial charge in [0.2, 0.25) is 0 Å². The minimum atomic E-state index is -0.479. The van der Waals surface area contributed by atoms with Crippen LogP contribution in [0.15, 0.2) is 42.0 Å². The molecule has 0 heterocycles. The van der Waals surface area contributed by atoms with Crippen LogP contribution in [-0.4, -0.2) is 0 Å². The van der Waals surface area contributed by atoms with Crippen LogP contribution in [0.3, 0.4) is 0 Å². The second-order valence-corrected chi connectivity index (χ2v) is 9.84. The number of hydrogen-bond acceptors (Lipinski definition) is 0. The quantitative estimate of drug-likeness (QED) is 0.312. The van der Waals surface area contributed by atoms with Gasteiger partial charge in [0.05, 0.1) is 0 Å². The molecule has 2 rings (SSSR count). The summed E-state index contributed by atoms with van der Waals surface area (Å²) < 4.78 is 3.75. The smallest absolute Gasteiger partial charge is 0.147 e. The normalized spacial score (nSPS) is 15.9. The minimum Gasteiger partial charge on any atom is -0.147 e. The Hall–Kier alpha value is 0.423. The average Bonchev–Trinajstić information content (AvgIpc) is 3.10. The zero-order valence-electron chi connectivity index (χ0n) is 14.7. The van der Waals surface area contributed by atoms with Crippen molar-refractivity contribution in [3.63, 3.8) is 0 Å². The first kappa shape index (κ1) is 23.4. The molecular formula is C20H32Cl2Zr. The number of halogens is 2. The van der Waals surface area contributed by atoms with Crippen LogP contribution >= 0.6 is 24.8 Å². The third-order valence-electron chi connectivity index (χ3n) is 4.46. The van der Waals surface area contributed by atoms with E-state index in [2.05, 4.69) is 38.2 Å². The van der Waals surface area contributed by atoms with Crippen molar-refractivity contribution in [3.05, 3.63) is 42.0 Å². The molecule has 0 bridgehead atoms. The molecule has 0 amide bonds. The standard InChI is InChI=1S/2C10H15.2ClH.Zr/c2*1-2-3-4-7-10-8-5-6-9-10;;;/h2*5,8H,2-4,6-7H2,1H3;2*1H;. The van der Waals surface area contributed by atoms with E-state index in [1.165, 1.54) is 64.2 Å². The zero-order chi connectivity index (χ0) is 14.9. The first-order valence-corrected chi connectivity index (χ1v) is 11.3. The molecule has 0 N–H and O–H groups in total. The molecule has 2 aliphatic rings. The summed E-state index contributed by atoms with van der Waals surface area (Å²) in [4.78, 5) is 0. The molecule has 0 unspecified atom stereocenters. The zero-order valence-corrected chi connectivity index (χ0v) is 18.8. The maximum atomic E-state index is 2.44. The van der Waals surface area contributed by atoms with Gasteiger partial charge >= 0.3 is 143 Å². The van der Waals surface area contributed by atoms with Crippen molar-refractivity contribution >= 4 is 24.8 Å². The second kappa shape index (κ2) is 13.7. The van der Waals surface area contributed by atoms with E-state index in [1.54, 1.807) is 11.1 Å². The Morgan fingerprint density at radius 2 is 1.17 bits per heavy atom. The van der Waals surface area contributed by atoms with Crippen molar-refractivity contribution in [3.8, 4) is 0 Å². The van der Waals surface area contributed by atoms with Crippen LogP contribution in [0.5, 0.6) is 0 Å². The second-order valence-electron chi connectivity index (χ2n) is 6.26. The first-order valence-electron chi connectivity index (χ1n) is 8.89. The summed E-state index contributed by atoms with van der Waals surface area (Å²) in [7, 11) is 0. The van der Waals surface area contributed by atoms with Crippen LogP contribution < -0.4 is 0 Å². The molecule has 0 aromatic heterocycles. The van der Waals surface area contributed by atoms with Crippen molar-refractivity contribution in [2.45, 2.75) is 78.1 Å². The molecular weight excluding hydrogens is 402 g/mol. The number of allylic oxidation sites excluding steroid dienone is 8. The molecule has 0 aromatic rings. The summed E-state index contributed by atoms with van der Waals surface area (Å²) in [6, 6.07) is 0. The third-order valence-corrected chi connectivity index (χ3v) is 8.52. The largest absolute Gasteiger partial charge is 0.147 e. The molecule has 0 nitrogen and oxygen atoms in total. The summed E-state index contributed by atoms with van der Waals surface area (Å²) in [5.41, 5.74) is 3.45. The Labute approximate surface area is 167 Å². The van der Waals surface area contributed by atoms with Crippen LogP contribution in [0.4, 0.5) is 0 Å². The molecule has 23 heavy (non-hydrogen) atoms. The predicted octanol–water partition coefficient (Wildman–Crippen LogP) is 7.50. The van der Waals surface area contributed by atoms with Crippen LogP contribution in [-0.2, 0) is 23.2 Å². The van der Waals surface area contributed by atoms with E-state index in [0.29, 0.717) is 0 Å². The Morgan fingerprint density at radius 1 is 0.739 bits per heavy atom. The van der Waals surface area contributed by atoms with Gasteiger partial charge < -0.3 is 0 Å². The van der Waals surface area contributed by atoms with Crippen LogP contribution in [0.25, 0.3) is 0 Å². The fraction of sp³-hybridized carbons (Fsp3) is 0.600. The Kier molecular flexibility index (Phi) is 13.9. The molecule has 0 aromatic carbocycles. The van der Waals surface area contributed by atoms with E-state index >= 15 is 0 Å². The number of unbranched alkanes of at least 4 members (excludes halogenated alkanes) is 4. The van der Waals surface area contributed by atoms with Gasteiger partial charge in [-0.05, 0) is 0 Å². The van der Waals surface area contributed by atoms with Gasteiger partial charge in [0.25, 0.3) is 0 Å². The van der Waals surface area contributed by atoms with Gasteiger partial charge in [0.1, 0.15) is 0 Å². The Bertz CT molecular complexity index is 416. The van der Waals surface area contributed by atoms with Gasteiger partial charge in [-0.1, -0.05) is 0 Å². The summed E-state index contributed by atoms with van der Waals surface area (Å²) in [6.07, 6.45) is 23.2. The molecule has 0 radical (unpaired) electrons. The van der Waals surface area contributed by atoms with Crippen molar-refractivity contribution in [2.75, 3.05) is 0 Å². The molecule has 2 aliphatic carbocycles. The van der Waals surface area contributed by atoms with E-state index in [-0.39, 0.29) is 24.8 Å². The number of rotatable bonds is 10. The summed E-state index contributed by atoms with van der Waals surface area (Å²) >= 11 is -0.479. The first-order chi connectivity index (χ1) is 10.3. The maximum Gasteiger partial charge on any atom is -0.147 e. The molecule has 0 spiro atoms. The van der Waals surface area contributed by atoms with Crippen molar-refractivity contribution in [2.24, 2.45) is 0 Å². The molecule has 130 valence electrons. The fourth-order valence-corrected chi connectivity index (χ4v) is 6.94. The monoisotopic (exact) mass is 432 g/mol. The van der Waals surface area contributed by atoms with Gasteiger partial charge in [-0.2, -0.15) is 0 Å². The Morgan fingerprint density at radius 3 is 1.57 bits per heavy atom. The maximum absolute atomic E-state index is 2.44. The fourth-order valence-electron chi connectivity index (χ4n) is 3.15. The van der Waals surface area contributed by atoms with E-state index in [1.807, 2.05) is 6.56 Å².